The highest BCUT2D eigenvalue weighted by atomic mass is 15.0. The standard InChI is InChI=1S/C11H17N3/c1-8-6-10(12)11(14-7-8)13-5-4-9-2-3-9/h6-7,9H,2-5,12H2,1H3,(H,13,14). The van der Waals surface area contributed by atoms with Gasteiger partial charge >= 0.3 is 0 Å². The molecule has 1 heterocycles. The zero-order chi connectivity index (χ0) is 9.97. The van der Waals surface area contributed by atoms with Gasteiger partial charge in [-0.25, -0.2) is 4.98 Å². The van der Waals surface area contributed by atoms with Crippen molar-refractivity contribution in [3.05, 3.63) is 17.8 Å². The van der Waals surface area contributed by atoms with Crippen molar-refractivity contribution in [1.29, 1.82) is 0 Å². The molecule has 0 radical (unpaired) electrons. The molecule has 0 bridgehead atoms. The molecule has 3 heteroatoms. The Labute approximate surface area is 84.7 Å². The second-order valence-corrected chi connectivity index (χ2v) is 4.11. The van der Waals surface area contributed by atoms with Crippen LogP contribution in [0.4, 0.5) is 11.5 Å². The molecule has 1 aromatic rings. The fourth-order valence-corrected chi connectivity index (χ4v) is 1.54. The zero-order valence-electron chi connectivity index (χ0n) is 8.59. The SMILES string of the molecule is Cc1cnc(NCCC2CC2)c(N)c1. The molecule has 76 valence electrons. The van der Waals surface area contributed by atoms with Gasteiger partial charge in [-0.05, 0) is 30.9 Å². The first-order valence-corrected chi connectivity index (χ1v) is 5.21. The number of hydrogen-bond donors (Lipinski definition) is 2. The Morgan fingerprint density at radius 1 is 1.57 bits per heavy atom. The average Bonchev–Trinajstić information content (AvgIpc) is 2.92. The molecule has 3 N–H and O–H groups in total. The van der Waals surface area contributed by atoms with Gasteiger partial charge in [-0.2, -0.15) is 0 Å². The van der Waals surface area contributed by atoms with Crippen molar-refractivity contribution in [3.8, 4) is 0 Å². The molecule has 1 saturated carbocycles. The van der Waals surface area contributed by atoms with E-state index in [1.807, 2.05) is 19.2 Å². The van der Waals surface area contributed by atoms with E-state index in [9.17, 15) is 0 Å². The molecule has 1 aliphatic carbocycles. The van der Waals surface area contributed by atoms with Crippen LogP contribution < -0.4 is 11.1 Å². The Bertz CT molecular complexity index is 318. The first kappa shape index (κ1) is 9.31. The van der Waals surface area contributed by atoms with Crippen LogP contribution in [0.3, 0.4) is 0 Å². The van der Waals surface area contributed by atoms with E-state index in [4.69, 9.17) is 5.73 Å². The van der Waals surface area contributed by atoms with E-state index in [2.05, 4.69) is 10.3 Å². The van der Waals surface area contributed by atoms with Gasteiger partial charge in [-0.3, -0.25) is 0 Å². The van der Waals surface area contributed by atoms with Gasteiger partial charge < -0.3 is 11.1 Å². The summed E-state index contributed by atoms with van der Waals surface area (Å²) in [6.45, 7) is 2.99. The van der Waals surface area contributed by atoms with Crippen LogP contribution >= 0.6 is 0 Å². The maximum Gasteiger partial charge on any atom is 0.149 e. The monoisotopic (exact) mass is 191 g/mol. The Balaban J connectivity index is 1.87. The minimum absolute atomic E-state index is 0.751. The molecule has 1 fully saturated rings. The number of aryl methyl sites for hydroxylation is 1. The summed E-state index contributed by atoms with van der Waals surface area (Å²) in [5.41, 5.74) is 7.69. The summed E-state index contributed by atoms with van der Waals surface area (Å²) in [4.78, 5) is 4.26. The third-order valence-corrected chi connectivity index (χ3v) is 2.60. The second kappa shape index (κ2) is 3.86. The van der Waals surface area contributed by atoms with Crippen LogP contribution in [0.5, 0.6) is 0 Å². The summed E-state index contributed by atoms with van der Waals surface area (Å²) < 4.78 is 0. The lowest BCUT2D eigenvalue weighted by molar-refractivity contribution is 0.758. The molecule has 0 amide bonds. The lowest BCUT2D eigenvalue weighted by Gasteiger charge is -2.07. The Morgan fingerprint density at radius 2 is 2.36 bits per heavy atom. The molecule has 14 heavy (non-hydrogen) atoms. The van der Waals surface area contributed by atoms with E-state index in [0.29, 0.717) is 0 Å². The van der Waals surface area contributed by atoms with Crippen LogP contribution in [0.2, 0.25) is 0 Å². The van der Waals surface area contributed by atoms with Crippen molar-refractivity contribution < 1.29 is 0 Å². The molecule has 2 rings (SSSR count). The number of hydrogen-bond acceptors (Lipinski definition) is 3. The van der Waals surface area contributed by atoms with Gasteiger partial charge in [0.1, 0.15) is 5.82 Å². The van der Waals surface area contributed by atoms with Gasteiger partial charge in [0.05, 0.1) is 5.69 Å². The molecule has 0 saturated heterocycles. The molecule has 0 atom stereocenters. The van der Waals surface area contributed by atoms with E-state index in [-0.39, 0.29) is 0 Å². The average molecular weight is 191 g/mol. The smallest absolute Gasteiger partial charge is 0.149 e. The van der Waals surface area contributed by atoms with Crippen molar-refractivity contribution in [3.63, 3.8) is 0 Å². The normalized spacial score (nSPS) is 15.5. The number of rotatable bonds is 4. The summed E-state index contributed by atoms with van der Waals surface area (Å²) in [5.74, 6) is 1.78. The van der Waals surface area contributed by atoms with Gasteiger partial charge in [0.25, 0.3) is 0 Å². The predicted molar refractivity (Wildman–Crippen MR) is 59.2 cm³/mol. The van der Waals surface area contributed by atoms with Crippen LogP contribution in [-0.2, 0) is 0 Å². The van der Waals surface area contributed by atoms with Crippen LogP contribution in [0, 0.1) is 12.8 Å². The quantitative estimate of drug-likeness (QED) is 0.767. The van der Waals surface area contributed by atoms with Crippen molar-refractivity contribution in [2.45, 2.75) is 26.2 Å². The van der Waals surface area contributed by atoms with Crippen molar-refractivity contribution in [2.75, 3.05) is 17.6 Å². The second-order valence-electron chi connectivity index (χ2n) is 4.11. The number of nitrogens with one attached hydrogen (secondary N) is 1. The number of pyridine rings is 1. The van der Waals surface area contributed by atoms with Crippen molar-refractivity contribution >= 4 is 11.5 Å². The van der Waals surface area contributed by atoms with E-state index >= 15 is 0 Å². The highest BCUT2D eigenvalue weighted by Gasteiger charge is 2.20. The third-order valence-electron chi connectivity index (χ3n) is 2.60. The minimum Gasteiger partial charge on any atom is -0.396 e. The number of nitrogens with two attached hydrogens (primary N) is 1. The summed E-state index contributed by atoms with van der Waals surface area (Å²) in [6, 6.07) is 1.95. The largest absolute Gasteiger partial charge is 0.396 e. The summed E-state index contributed by atoms with van der Waals surface area (Å²) in [7, 11) is 0. The van der Waals surface area contributed by atoms with Gasteiger partial charge in [-0.15, -0.1) is 0 Å². The van der Waals surface area contributed by atoms with Crippen LogP contribution in [0.15, 0.2) is 12.3 Å². The highest BCUT2D eigenvalue weighted by molar-refractivity contribution is 5.61. The van der Waals surface area contributed by atoms with E-state index in [0.717, 1.165) is 29.5 Å². The molecule has 3 nitrogen and oxygen atoms in total. The molecular formula is C11H17N3. The first-order valence-electron chi connectivity index (χ1n) is 5.21. The fourth-order valence-electron chi connectivity index (χ4n) is 1.54. The number of nitrogens with zero attached hydrogens (tertiary/aromatic N) is 1. The van der Waals surface area contributed by atoms with Crippen LogP contribution in [0.25, 0.3) is 0 Å². The van der Waals surface area contributed by atoms with E-state index < -0.39 is 0 Å². The summed E-state index contributed by atoms with van der Waals surface area (Å²) in [5, 5.41) is 3.28. The fraction of sp³-hybridized carbons (Fsp3) is 0.545. The van der Waals surface area contributed by atoms with E-state index in [1.54, 1.807) is 0 Å². The van der Waals surface area contributed by atoms with Crippen molar-refractivity contribution in [1.82, 2.24) is 4.98 Å². The van der Waals surface area contributed by atoms with Crippen LogP contribution in [0.1, 0.15) is 24.8 Å². The molecule has 0 spiro atoms. The summed E-state index contributed by atoms with van der Waals surface area (Å²) >= 11 is 0. The number of anilines is 2. The van der Waals surface area contributed by atoms with Gasteiger partial charge in [0.2, 0.25) is 0 Å². The first-order chi connectivity index (χ1) is 6.75. The highest BCUT2D eigenvalue weighted by Crippen LogP contribution is 2.32. The molecule has 0 aromatic carbocycles. The maximum atomic E-state index is 5.83. The number of aromatic nitrogens is 1. The summed E-state index contributed by atoms with van der Waals surface area (Å²) in [6.07, 6.45) is 5.89. The maximum absolute atomic E-state index is 5.83. The third kappa shape index (κ3) is 2.37. The molecule has 1 aliphatic rings. The lowest BCUT2D eigenvalue weighted by atomic mass is 10.2. The van der Waals surface area contributed by atoms with Gasteiger partial charge in [0.15, 0.2) is 0 Å². The minimum atomic E-state index is 0.751. The van der Waals surface area contributed by atoms with Gasteiger partial charge in [0, 0.05) is 12.7 Å². The molecule has 1 aromatic heterocycles. The van der Waals surface area contributed by atoms with Gasteiger partial charge in [-0.1, -0.05) is 12.8 Å². The van der Waals surface area contributed by atoms with E-state index in [1.165, 1.54) is 19.3 Å². The van der Waals surface area contributed by atoms with Crippen molar-refractivity contribution in [2.24, 2.45) is 5.92 Å². The molecule has 0 unspecified atom stereocenters. The lowest BCUT2D eigenvalue weighted by Crippen LogP contribution is -2.06. The Morgan fingerprint density at radius 3 is 3.00 bits per heavy atom. The predicted octanol–water partition coefficient (Wildman–Crippen LogP) is 2.18. The topological polar surface area (TPSA) is 50.9 Å². The zero-order valence-corrected chi connectivity index (χ0v) is 8.59. The van der Waals surface area contributed by atoms with Crippen LogP contribution in [-0.4, -0.2) is 11.5 Å². The Kier molecular flexibility index (Phi) is 2.57. The molecule has 0 aliphatic heterocycles. The molecular weight excluding hydrogens is 174 g/mol. The number of nitrogen functional groups attached to an aromatic ring is 1. The Hall–Kier alpha value is -1.25.